The van der Waals surface area contributed by atoms with Crippen molar-refractivity contribution in [2.24, 2.45) is 0 Å². The Morgan fingerprint density at radius 2 is 1.71 bits per heavy atom. The Bertz CT molecular complexity index is 712. The number of rotatable bonds is 4. The number of nitrogens with zero attached hydrogens (tertiary/aromatic N) is 1. The first-order chi connectivity index (χ1) is 9.85. The third-order valence-electron chi connectivity index (χ3n) is 3.46. The zero-order chi connectivity index (χ0) is 15.6. The third kappa shape index (κ3) is 3.05. The molecule has 2 rings (SSSR count). The van der Waals surface area contributed by atoms with Gasteiger partial charge in [0.05, 0.1) is 10.7 Å². The van der Waals surface area contributed by atoms with E-state index < -0.39 is 10.0 Å². The molecule has 1 unspecified atom stereocenters. The van der Waals surface area contributed by atoms with Gasteiger partial charge in [-0.15, -0.1) is 0 Å². The topological polar surface area (TPSA) is 63.4 Å². The number of nitrogen functional groups attached to an aromatic ring is 1. The van der Waals surface area contributed by atoms with E-state index in [0.29, 0.717) is 0 Å². The van der Waals surface area contributed by atoms with E-state index in [9.17, 15) is 8.42 Å². The van der Waals surface area contributed by atoms with Gasteiger partial charge in [-0.05, 0) is 24.6 Å². The molecule has 2 aromatic rings. The number of halogens is 1. The van der Waals surface area contributed by atoms with E-state index in [4.69, 9.17) is 17.3 Å². The monoisotopic (exact) mass is 324 g/mol. The summed E-state index contributed by atoms with van der Waals surface area (Å²) in [5.41, 5.74) is 6.84. The van der Waals surface area contributed by atoms with Crippen LogP contribution in [0.1, 0.15) is 18.5 Å². The van der Waals surface area contributed by atoms with Gasteiger partial charge in [0.25, 0.3) is 0 Å². The highest BCUT2D eigenvalue weighted by Gasteiger charge is 2.29. The van der Waals surface area contributed by atoms with Crippen LogP contribution >= 0.6 is 11.6 Å². The van der Waals surface area contributed by atoms with Gasteiger partial charge >= 0.3 is 0 Å². The molecule has 0 radical (unpaired) electrons. The SMILES string of the molecule is CC(c1ccccc1)N(C)S(=O)(=O)c1c(N)cccc1Cl. The molecular weight excluding hydrogens is 308 g/mol. The third-order valence-corrected chi connectivity index (χ3v) is 5.93. The first kappa shape index (κ1) is 15.8. The average molecular weight is 325 g/mol. The van der Waals surface area contributed by atoms with E-state index in [2.05, 4.69) is 0 Å². The van der Waals surface area contributed by atoms with Gasteiger partial charge in [0, 0.05) is 13.1 Å². The van der Waals surface area contributed by atoms with Crippen LogP contribution in [-0.2, 0) is 10.0 Å². The maximum atomic E-state index is 12.8. The summed E-state index contributed by atoms with van der Waals surface area (Å²) in [7, 11) is -2.25. The van der Waals surface area contributed by atoms with Crippen LogP contribution in [-0.4, -0.2) is 19.8 Å². The molecule has 0 aromatic heterocycles. The second-order valence-corrected chi connectivity index (χ2v) is 7.11. The Hall–Kier alpha value is -1.56. The van der Waals surface area contributed by atoms with Crippen molar-refractivity contribution in [3.05, 3.63) is 59.1 Å². The Kier molecular flexibility index (Phi) is 4.56. The minimum Gasteiger partial charge on any atom is -0.398 e. The summed E-state index contributed by atoms with van der Waals surface area (Å²) in [4.78, 5) is -0.0445. The standard InChI is InChI=1S/C15H17ClN2O2S/c1-11(12-7-4-3-5-8-12)18(2)21(19,20)15-13(16)9-6-10-14(15)17/h3-11H,17H2,1-2H3. The lowest BCUT2D eigenvalue weighted by atomic mass is 10.1. The van der Waals surface area contributed by atoms with Crippen LogP contribution in [0.15, 0.2) is 53.4 Å². The van der Waals surface area contributed by atoms with Crippen LogP contribution in [0.25, 0.3) is 0 Å². The molecule has 0 heterocycles. The number of hydrogen-bond donors (Lipinski definition) is 1. The quantitative estimate of drug-likeness (QED) is 0.878. The predicted octanol–water partition coefficient (Wildman–Crippen LogP) is 3.30. The highest BCUT2D eigenvalue weighted by Crippen LogP contribution is 2.33. The highest BCUT2D eigenvalue weighted by atomic mass is 35.5. The van der Waals surface area contributed by atoms with Crippen LogP contribution in [0.2, 0.25) is 5.02 Å². The summed E-state index contributed by atoms with van der Waals surface area (Å²) >= 11 is 6.02. The Balaban J connectivity index is 2.45. The lowest BCUT2D eigenvalue weighted by molar-refractivity contribution is 0.398. The molecule has 21 heavy (non-hydrogen) atoms. The fraction of sp³-hybridized carbons (Fsp3) is 0.200. The van der Waals surface area contributed by atoms with E-state index in [-0.39, 0.29) is 21.6 Å². The van der Waals surface area contributed by atoms with Crippen molar-refractivity contribution in [1.82, 2.24) is 4.31 Å². The molecule has 2 N–H and O–H groups in total. The summed E-state index contributed by atoms with van der Waals surface area (Å²) in [6, 6.07) is 13.7. The van der Waals surface area contributed by atoms with E-state index in [0.717, 1.165) is 5.56 Å². The second-order valence-electron chi connectivity index (χ2n) is 4.77. The largest absolute Gasteiger partial charge is 0.398 e. The molecular formula is C15H17ClN2O2S. The van der Waals surface area contributed by atoms with Crippen molar-refractivity contribution in [3.63, 3.8) is 0 Å². The van der Waals surface area contributed by atoms with Crippen LogP contribution in [0.4, 0.5) is 5.69 Å². The molecule has 0 saturated carbocycles. The van der Waals surface area contributed by atoms with Crippen LogP contribution in [0.3, 0.4) is 0 Å². The summed E-state index contributed by atoms with van der Waals surface area (Å²) in [5, 5.41) is 0.127. The van der Waals surface area contributed by atoms with Crippen LogP contribution in [0, 0.1) is 0 Å². The molecule has 2 aromatic carbocycles. The van der Waals surface area contributed by atoms with Gasteiger partial charge in [0.1, 0.15) is 4.90 Å². The highest BCUT2D eigenvalue weighted by molar-refractivity contribution is 7.89. The maximum absolute atomic E-state index is 12.8. The number of sulfonamides is 1. The van der Waals surface area contributed by atoms with Gasteiger partial charge in [0.15, 0.2) is 0 Å². The van der Waals surface area contributed by atoms with Crippen molar-refractivity contribution in [1.29, 1.82) is 0 Å². The van der Waals surface area contributed by atoms with Gasteiger partial charge in [-0.1, -0.05) is 48.0 Å². The Labute approximate surface area is 130 Å². The van der Waals surface area contributed by atoms with E-state index in [1.165, 1.54) is 23.5 Å². The molecule has 0 aliphatic heterocycles. The average Bonchev–Trinajstić information content (AvgIpc) is 2.46. The summed E-state index contributed by atoms with van der Waals surface area (Å²) in [5.74, 6) is 0. The first-order valence-corrected chi connectivity index (χ1v) is 8.24. The summed E-state index contributed by atoms with van der Waals surface area (Å²) in [6.07, 6.45) is 0. The lowest BCUT2D eigenvalue weighted by Crippen LogP contribution is -2.30. The summed E-state index contributed by atoms with van der Waals surface area (Å²) in [6.45, 7) is 1.82. The van der Waals surface area contributed by atoms with Crippen molar-refractivity contribution in [3.8, 4) is 0 Å². The minimum atomic E-state index is -3.77. The molecule has 0 amide bonds. The molecule has 0 fully saturated rings. The number of hydrogen-bond acceptors (Lipinski definition) is 3. The molecule has 0 bridgehead atoms. The van der Waals surface area contributed by atoms with E-state index in [1.54, 1.807) is 6.07 Å². The molecule has 0 aliphatic carbocycles. The molecule has 0 saturated heterocycles. The second kappa shape index (κ2) is 6.05. The number of anilines is 1. The maximum Gasteiger partial charge on any atom is 0.246 e. The van der Waals surface area contributed by atoms with Gasteiger partial charge in [-0.2, -0.15) is 4.31 Å². The van der Waals surface area contributed by atoms with Crippen molar-refractivity contribution in [2.45, 2.75) is 17.9 Å². The van der Waals surface area contributed by atoms with Gasteiger partial charge in [-0.25, -0.2) is 8.42 Å². The van der Waals surface area contributed by atoms with Crippen molar-refractivity contribution >= 4 is 27.3 Å². The van der Waals surface area contributed by atoms with Gasteiger partial charge in [0.2, 0.25) is 10.0 Å². The fourth-order valence-electron chi connectivity index (χ4n) is 2.09. The molecule has 4 nitrogen and oxygen atoms in total. The van der Waals surface area contributed by atoms with Gasteiger partial charge < -0.3 is 5.73 Å². The summed E-state index contributed by atoms with van der Waals surface area (Å²) < 4.78 is 26.8. The molecule has 0 aliphatic rings. The zero-order valence-corrected chi connectivity index (χ0v) is 13.4. The molecule has 0 spiro atoms. The first-order valence-electron chi connectivity index (χ1n) is 6.42. The van der Waals surface area contributed by atoms with Crippen LogP contribution in [0.5, 0.6) is 0 Å². The number of nitrogens with two attached hydrogens (primary N) is 1. The lowest BCUT2D eigenvalue weighted by Gasteiger charge is -2.25. The predicted molar refractivity (Wildman–Crippen MR) is 85.7 cm³/mol. The normalized spacial score (nSPS) is 13.3. The molecule has 1 atom stereocenters. The fourth-order valence-corrected chi connectivity index (χ4v) is 4.07. The Morgan fingerprint density at radius 3 is 2.29 bits per heavy atom. The smallest absolute Gasteiger partial charge is 0.246 e. The Morgan fingerprint density at radius 1 is 1.10 bits per heavy atom. The molecule has 6 heteroatoms. The van der Waals surface area contributed by atoms with E-state index in [1.807, 2.05) is 37.3 Å². The minimum absolute atomic E-state index is 0.0445. The van der Waals surface area contributed by atoms with Crippen LogP contribution < -0.4 is 5.73 Å². The van der Waals surface area contributed by atoms with Crippen molar-refractivity contribution < 1.29 is 8.42 Å². The zero-order valence-electron chi connectivity index (χ0n) is 11.8. The van der Waals surface area contributed by atoms with Crippen molar-refractivity contribution in [2.75, 3.05) is 12.8 Å². The van der Waals surface area contributed by atoms with E-state index >= 15 is 0 Å². The number of benzene rings is 2. The molecule has 112 valence electrons. The van der Waals surface area contributed by atoms with Gasteiger partial charge in [-0.3, -0.25) is 0 Å².